The molecule has 8 atom stereocenters. The number of rotatable bonds is 2. The maximum atomic E-state index is 13.6. The summed E-state index contributed by atoms with van der Waals surface area (Å²) in [4.78, 5) is 26.2. The zero-order valence-electron chi connectivity index (χ0n) is 16.8. The summed E-state index contributed by atoms with van der Waals surface area (Å²) in [6.45, 7) is 6.53. The summed E-state index contributed by atoms with van der Waals surface area (Å²) in [6.07, 6.45) is 5.80. The minimum Gasteiger partial charge on any atom is -0.393 e. The molecule has 4 aliphatic rings. The quantitative estimate of drug-likeness (QED) is 0.642. The lowest BCUT2D eigenvalue weighted by molar-refractivity contribution is -0.191. The van der Waals surface area contributed by atoms with Crippen molar-refractivity contribution in [1.29, 1.82) is 0 Å². The van der Waals surface area contributed by atoms with Crippen LogP contribution >= 0.6 is 15.9 Å². The smallest absolute Gasteiger partial charge is 0.175 e. The summed E-state index contributed by atoms with van der Waals surface area (Å²) in [5, 5.41) is 21.8. The predicted octanol–water partition coefficient (Wildman–Crippen LogP) is 3.65. The molecular formula is C22H33BrO4. The fourth-order valence-corrected chi connectivity index (χ4v) is 8.44. The molecule has 0 bridgehead atoms. The first-order valence-electron chi connectivity index (χ1n) is 10.5. The van der Waals surface area contributed by atoms with Gasteiger partial charge in [-0.05, 0) is 67.6 Å². The molecule has 27 heavy (non-hydrogen) atoms. The van der Waals surface area contributed by atoms with Crippen molar-refractivity contribution in [2.45, 2.75) is 83.8 Å². The van der Waals surface area contributed by atoms with Crippen LogP contribution < -0.4 is 0 Å². The van der Waals surface area contributed by atoms with Gasteiger partial charge >= 0.3 is 0 Å². The number of carbonyl (C=O) groups is 2. The Morgan fingerprint density at radius 1 is 1.11 bits per heavy atom. The van der Waals surface area contributed by atoms with Crippen molar-refractivity contribution in [1.82, 2.24) is 0 Å². The number of Topliss-reactive ketones (excluding diaryl/α,β-unsaturated/α-hetero) is 2. The molecular weight excluding hydrogens is 408 g/mol. The third kappa shape index (κ3) is 2.40. The van der Waals surface area contributed by atoms with Crippen molar-refractivity contribution in [2.24, 2.45) is 34.0 Å². The van der Waals surface area contributed by atoms with Crippen LogP contribution in [-0.4, -0.2) is 38.8 Å². The van der Waals surface area contributed by atoms with E-state index < -0.39 is 11.0 Å². The van der Waals surface area contributed by atoms with Crippen LogP contribution in [0.5, 0.6) is 0 Å². The molecule has 5 heteroatoms. The molecule has 0 aromatic heterocycles. The van der Waals surface area contributed by atoms with Crippen LogP contribution in [0.25, 0.3) is 0 Å². The third-order valence-corrected chi connectivity index (χ3v) is 10.3. The van der Waals surface area contributed by atoms with Gasteiger partial charge in [-0.15, -0.1) is 0 Å². The normalized spacial score (nSPS) is 54.8. The first-order valence-corrected chi connectivity index (χ1v) is 11.7. The molecule has 0 aromatic carbocycles. The largest absolute Gasteiger partial charge is 0.393 e. The molecule has 0 heterocycles. The molecule has 0 aliphatic heterocycles. The molecule has 0 radical (unpaired) electrons. The average molecular weight is 441 g/mol. The Morgan fingerprint density at radius 3 is 2.48 bits per heavy atom. The fourth-order valence-electron chi connectivity index (χ4n) is 7.97. The van der Waals surface area contributed by atoms with E-state index in [4.69, 9.17) is 0 Å². The van der Waals surface area contributed by atoms with Crippen LogP contribution in [0.1, 0.15) is 72.1 Å². The molecule has 4 aliphatic carbocycles. The number of ketones is 2. The van der Waals surface area contributed by atoms with Crippen molar-refractivity contribution in [3.05, 3.63) is 0 Å². The number of aliphatic hydroxyl groups is 2. The molecule has 4 nitrogen and oxygen atoms in total. The minimum atomic E-state index is -1.38. The SMILES string of the molecule is CC12CCC(O)C[C@]1(C)CCC1C2C(=O)CC2(C)C1CC[C@]2(O)C(=O)CBr. The maximum Gasteiger partial charge on any atom is 0.175 e. The number of hydrogen-bond donors (Lipinski definition) is 2. The van der Waals surface area contributed by atoms with Crippen molar-refractivity contribution in [2.75, 3.05) is 5.33 Å². The number of alkyl halides is 1. The molecule has 6 unspecified atom stereocenters. The first kappa shape index (κ1) is 20.0. The highest BCUT2D eigenvalue weighted by Crippen LogP contribution is 2.70. The van der Waals surface area contributed by atoms with Gasteiger partial charge in [0.25, 0.3) is 0 Å². The summed E-state index contributed by atoms with van der Waals surface area (Å²) in [6, 6.07) is 0. The highest BCUT2D eigenvalue weighted by molar-refractivity contribution is 9.09. The Morgan fingerprint density at radius 2 is 1.81 bits per heavy atom. The van der Waals surface area contributed by atoms with Gasteiger partial charge in [0.15, 0.2) is 5.78 Å². The monoisotopic (exact) mass is 440 g/mol. The van der Waals surface area contributed by atoms with Gasteiger partial charge in [-0.25, -0.2) is 0 Å². The molecule has 152 valence electrons. The van der Waals surface area contributed by atoms with E-state index in [1.807, 2.05) is 6.92 Å². The summed E-state index contributed by atoms with van der Waals surface area (Å²) >= 11 is 3.23. The van der Waals surface area contributed by atoms with Crippen LogP contribution in [0.3, 0.4) is 0 Å². The van der Waals surface area contributed by atoms with Gasteiger partial charge in [0.05, 0.1) is 11.4 Å². The van der Waals surface area contributed by atoms with Gasteiger partial charge in [0.1, 0.15) is 11.4 Å². The Bertz CT molecular complexity index is 679. The Balaban J connectivity index is 1.73. The topological polar surface area (TPSA) is 74.6 Å². The highest BCUT2D eigenvalue weighted by Gasteiger charge is 2.70. The summed E-state index contributed by atoms with van der Waals surface area (Å²) in [7, 11) is 0. The lowest BCUT2D eigenvalue weighted by atomic mass is 9.40. The van der Waals surface area contributed by atoms with Crippen LogP contribution in [-0.2, 0) is 9.59 Å². The lowest BCUT2D eigenvalue weighted by Crippen LogP contribution is -2.64. The predicted molar refractivity (Wildman–Crippen MR) is 106 cm³/mol. The van der Waals surface area contributed by atoms with E-state index in [1.54, 1.807) is 0 Å². The molecule has 0 aromatic rings. The number of halogens is 1. The van der Waals surface area contributed by atoms with E-state index in [2.05, 4.69) is 29.8 Å². The number of aliphatic hydroxyl groups excluding tert-OH is 1. The van der Waals surface area contributed by atoms with Crippen LogP contribution in [0.2, 0.25) is 0 Å². The summed E-state index contributed by atoms with van der Waals surface area (Å²) in [5.74, 6) is 0.545. The van der Waals surface area contributed by atoms with E-state index in [9.17, 15) is 19.8 Å². The van der Waals surface area contributed by atoms with Gasteiger partial charge in [0, 0.05) is 17.8 Å². The van der Waals surface area contributed by atoms with Gasteiger partial charge in [0.2, 0.25) is 0 Å². The molecule has 0 saturated heterocycles. The van der Waals surface area contributed by atoms with Crippen molar-refractivity contribution in [3.63, 3.8) is 0 Å². The second-order valence-electron chi connectivity index (χ2n) is 10.7. The van der Waals surface area contributed by atoms with Crippen molar-refractivity contribution >= 4 is 27.5 Å². The Kier molecular flexibility index (Phi) is 4.54. The van der Waals surface area contributed by atoms with E-state index in [1.165, 1.54) is 0 Å². The van der Waals surface area contributed by atoms with E-state index >= 15 is 0 Å². The number of hydrogen-bond acceptors (Lipinski definition) is 4. The van der Waals surface area contributed by atoms with E-state index in [-0.39, 0.29) is 51.6 Å². The Labute approximate surface area is 170 Å². The fraction of sp³-hybridized carbons (Fsp3) is 0.909. The number of carbonyl (C=O) groups excluding carboxylic acids is 2. The molecule has 0 amide bonds. The second-order valence-corrected chi connectivity index (χ2v) is 11.2. The van der Waals surface area contributed by atoms with Gasteiger partial charge in [-0.1, -0.05) is 36.7 Å². The highest BCUT2D eigenvalue weighted by atomic mass is 79.9. The van der Waals surface area contributed by atoms with Crippen molar-refractivity contribution < 1.29 is 19.8 Å². The zero-order chi connectivity index (χ0) is 19.8. The van der Waals surface area contributed by atoms with E-state index in [0.29, 0.717) is 12.8 Å². The van der Waals surface area contributed by atoms with Gasteiger partial charge < -0.3 is 10.2 Å². The standard InChI is InChI=1S/C22H33BrO4/c1-19-7-5-14-15-6-9-22(27,17(26)12-23)21(15,3)11-16(25)18(14)20(19,2)8-4-13(24)10-19/h13-15,18,24,27H,4-12H2,1-3H3/t13?,14?,15?,18?,19-,20?,21?,22-/m0/s1. The first-order chi connectivity index (χ1) is 12.5. The van der Waals surface area contributed by atoms with Gasteiger partial charge in [-0.3, -0.25) is 9.59 Å². The van der Waals surface area contributed by atoms with Crippen LogP contribution in [0, 0.1) is 34.0 Å². The summed E-state index contributed by atoms with van der Waals surface area (Å²) in [5.41, 5.74) is -2.12. The molecule has 4 saturated carbocycles. The molecule has 4 rings (SSSR count). The van der Waals surface area contributed by atoms with Gasteiger partial charge in [-0.2, -0.15) is 0 Å². The number of fused-ring (bicyclic) bond motifs is 5. The maximum absolute atomic E-state index is 13.6. The molecule has 2 N–H and O–H groups in total. The van der Waals surface area contributed by atoms with E-state index in [0.717, 1.165) is 38.5 Å². The molecule has 0 spiro atoms. The van der Waals surface area contributed by atoms with Crippen LogP contribution in [0.4, 0.5) is 0 Å². The van der Waals surface area contributed by atoms with Crippen molar-refractivity contribution in [3.8, 4) is 0 Å². The minimum absolute atomic E-state index is 0.00301. The zero-order valence-corrected chi connectivity index (χ0v) is 18.3. The third-order valence-electron chi connectivity index (χ3n) is 9.77. The average Bonchev–Trinajstić information content (AvgIpc) is 2.87. The summed E-state index contributed by atoms with van der Waals surface area (Å²) < 4.78 is 0. The Hall–Kier alpha value is -0.260. The molecule has 4 fully saturated rings. The lowest BCUT2D eigenvalue weighted by Gasteiger charge is -2.64. The van der Waals surface area contributed by atoms with Crippen LogP contribution in [0.15, 0.2) is 0 Å². The second kappa shape index (κ2) is 6.12.